The number of hydrogen-bond acceptors (Lipinski definition) is 3. The SMILES string of the molecule is O=C(Nc1ccc(C(=O)N2CCC(C(=O)NCCCc3ccccc3)CC2)cc1)c1ccccc1. The van der Waals surface area contributed by atoms with Gasteiger partial charge >= 0.3 is 0 Å². The van der Waals surface area contributed by atoms with Crippen molar-refractivity contribution < 1.29 is 14.4 Å². The van der Waals surface area contributed by atoms with E-state index in [1.165, 1.54) is 5.56 Å². The highest BCUT2D eigenvalue weighted by molar-refractivity contribution is 6.04. The van der Waals surface area contributed by atoms with Crippen LogP contribution >= 0.6 is 0 Å². The van der Waals surface area contributed by atoms with Gasteiger partial charge in [-0.25, -0.2) is 0 Å². The molecular weight excluding hydrogens is 438 g/mol. The van der Waals surface area contributed by atoms with Gasteiger partial charge in [0, 0.05) is 42.4 Å². The van der Waals surface area contributed by atoms with Gasteiger partial charge < -0.3 is 15.5 Å². The fraction of sp³-hybridized carbons (Fsp3) is 0.276. The third-order valence-corrected chi connectivity index (χ3v) is 6.36. The number of anilines is 1. The number of piperidine rings is 1. The molecule has 0 atom stereocenters. The molecule has 6 heteroatoms. The van der Waals surface area contributed by atoms with E-state index in [4.69, 9.17) is 0 Å². The second-order valence-corrected chi connectivity index (χ2v) is 8.84. The summed E-state index contributed by atoms with van der Waals surface area (Å²) in [5.41, 5.74) is 3.07. The topological polar surface area (TPSA) is 78.5 Å². The largest absolute Gasteiger partial charge is 0.356 e. The van der Waals surface area contributed by atoms with Crippen molar-refractivity contribution in [3.63, 3.8) is 0 Å². The summed E-state index contributed by atoms with van der Waals surface area (Å²) < 4.78 is 0. The Morgan fingerprint density at radius 2 is 1.40 bits per heavy atom. The normalized spacial score (nSPS) is 13.8. The van der Waals surface area contributed by atoms with Crippen LogP contribution in [0.4, 0.5) is 5.69 Å². The summed E-state index contributed by atoms with van der Waals surface area (Å²) in [6.45, 7) is 1.79. The van der Waals surface area contributed by atoms with Crippen molar-refractivity contribution in [2.24, 2.45) is 5.92 Å². The summed E-state index contributed by atoms with van der Waals surface area (Å²) >= 11 is 0. The summed E-state index contributed by atoms with van der Waals surface area (Å²) in [4.78, 5) is 39.5. The van der Waals surface area contributed by atoms with E-state index in [1.54, 1.807) is 41.3 Å². The van der Waals surface area contributed by atoms with Crippen molar-refractivity contribution in [1.29, 1.82) is 0 Å². The molecule has 0 aliphatic carbocycles. The molecule has 0 spiro atoms. The molecular formula is C29H31N3O3. The summed E-state index contributed by atoms with van der Waals surface area (Å²) in [6, 6.07) is 26.2. The average molecular weight is 470 g/mol. The second kappa shape index (κ2) is 12.0. The monoisotopic (exact) mass is 469 g/mol. The fourth-order valence-electron chi connectivity index (χ4n) is 4.31. The van der Waals surface area contributed by atoms with Crippen LogP contribution in [0, 0.1) is 5.92 Å². The highest BCUT2D eigenvalue weighted by Gasteiger charge is 2.27. The van der Waals surface area contributed by atoms with Crippen LogP contribution < -0.4 is 10.6 Å². The van der Waals surface area contributed by atoms with Gasteiger partial charge in [-0.05, 0) is 67.6 Å². The maximum atomic E-state index is 12.9. The van der Waals surface area contributed by atoms with Gasteiger partial charge in [0.05, 0.1) is 0 Å². The van der Waals surface area contributed by atoms with Crippen molar-refractivity contribution in [3.8, 4) is 0 Å². The van der Waals surface area contributed by atoms with E-state index in [9.17, 15) is 14.4 Å². The molecule has 1 aliphatic heterocycles. The van der Waals surface area contributed by atoms with Crippen LogP contribution in [-0.4, -0.2) is 42.3 Å². The van der Waals surface area contributed by atoms with Gasteiger partial charge in [0.15, 0.2) is 0 Å². The molecule has 0 unspecified atom stereocenters. The first-order valence-electron chi connectivity index (χ1n) is 12.2. The number of amides is 3. The Kier molecular flexibility index (Phi) is 8.28. The lowest BCUT2D eigenvalue weighted by Crippen LogP contribution is -2.43. The van der Waals surface area contributed by atoms with Crippen molar-refractivity contribution in [2.45, 2.75) is 25.7 Å². The Morgan fingerprint density at radius 3 is 2.06 bits per heavy atom. The Balaban J connectivity index is 1.20. The first kappa shape index (κ1) is 24.2. The Hall–Kier alpha value is -3.93. The molecule has 0 radical (unpaired) electrons. The lowest BCUT2D eigenvalue weighted by molar-refractivity contribution is -0.126. The first-order chi connectivity index (χ1) is 17.1. The molecule has 6 nitrogen and oxygen atoms in total. The Bertz CT molecular complexity index is 1120. The summed E-state index contributed by atoms with van der Waals surface area (Å²) in [6.07, 6.45) is 3.20. The molecule has 1 aliphatic rings. The Labute approximate surface area is 206 Å². The minimum atomic E-state index is -0.190. The summed E-state index contributed by atoms with van der Waals surface area (Å²) in [5, 5.41) is 5.90. The minimum absolute atomic E-state index is 0.0485. The van der Waals surface area contributed by atoms with Crippen LogP contribution in [-0.2, 0) is 11.2 Å². The van der Waals surface area contributed by atoms with E-state index in [0.29, 0.717) is 49.3 Å². The van der Waals surface area contributed by atoms with E-state index < -0.39 is 0 Å². The van der Waals surface area contributed by atoms with Gasteiger partial charge in [0.25, 0.3) is 11.8 Å². The summed E-state index contributed by atoms with van der Waals surface area (Å²) in [7, 11) is 0. The van der Waals surface area contributed by atoms with Crippen LogP contribution in [0.2, 0.25) is 0 Å². The smallest absolute Gasteiger partial charge is 0.255 e. The van der Waals surface area contributed by atoms with Crippen LogP contribution in [0.1, 0.15) is 45.5 Å². The fourth-order valence-corrected chi connectivity index (χ4v) is 4.31. The molecule has 3 aromatic rings. The maximum absolute atomic E-state index is 12.9. The van der Waals surface area contributed by atoms with E-state index in [1.807, 2.05) is 36.4 Å². The number of benzene rings is 3. The molecule has 1 heterocycles. The van der Waals surface area contributed by atoms with Crippen LogP contribution in [0.25, 0.3) is 0 Å². The average Bonchev–Trinajstić information content (AvgIpc) is 2.92. The number of nitrogens with one attached hydrogen (secondary N) is 2. The number of nitrogens with zero attached hydrogens (tertiary/aromatic N) is 1. The molecule has 35 heavy (non-hydrogen) atoms. The van der Waals surface area contributed by atoms with E-state index in [0.717, 1.165) is 12.8 Å². The predicted octanol–water partition coefficient (Wildman–Crippen LogP) is 4.54. The molecule has 3 amide bonds. The number of rotatable bonds is 8. The van der Waals surface area contributed by atoms with Crippen molar-refractivity contribution >= 4 is 23.4 Å². The molecule has 0 bridgehead atoms. The molecule has 0 aromatic heterocycles. The lowest BCUT2D eigenvalue weighted by Gasteiger charge is -2.31. The van der Waals surface area contributed by atoms with E-state index in [-0.39, 0.29) is 23.6 Å². The van der Waals surface area contributed by atoms with Gasteiger partial charge in [-0.15, -0.1) is 0 Å². The van der Waals surface area contributed by atoms with Gasteiger partial charge in [0.2, 0.25) is 5.91 Å². The quantitative estimate of drug-likeness (QED) is 0.476. The molecule has 1 fully saturated rings. The van der Waals surface area contributed by atoms with Gasteiger partial charge in [-0.1, -0.05) is 48.5 Å². The second-order valence-electron chi connectivity index (χ2n) is 8.84. The highest BCUT2D eigenvalue weighted by Crippen LogP contribution is 2.20. The maximum Gasteiger partial charge on any atom is 0.255 e. The van der Waals surface area contributed by atoms with Gasteiger partial charge in [-0.2, -0.15) is 0 Å². The standard InChI is InChI=1S/C29H31N3O3/c33-27(30-19-7-10-22-8-3-1-4-9-22)24-17-20-32(21-18-24)29(35)25-13-15-26(16-14-25)31-28(34)23-11-5-2-6-12-23/h1-6,8-9,11-16,24H,7,10,17-21H2,(H,30,33)(H,31,34). The van der Waals surface area contributed by atoms with Gasteiger partial charge in [-0.3, -0.25) is 14.4 Å². The van der Waals surface area contributed by atoms with E-state index >= 15 is 0 Å². The third-order valence-electron chi connectivity index (χ3n) is 6.36. The third kappa shape index (κ3) is 6.79. The summed E-state index contributed by atoms with van der Waals surface area (Å²) in [5.74, 6) is -0.201. The van der Waals surface area contributed by atoms with Crippen molar-refractivity contribution in [2.75, 3.05) is 25.0 Å². The number of aryl methyl sites for hydroxylation is 1. The van der Waals surface area contributed by atoms with E-state index in [2.05, 4.69) is 22.8 Å². The zero-order valence-corrected chi connectivity index (χ0v) is 19.8. The molecule has 4 rings (SSSR count). The lowest BCUT2D eigenvalue weighted by atomic mass is 9.95. The molecule has 0 saturated carbocycles. The molecule has 3 aromatic carbocycles. The predicted molar refractivity (Wildman–Crippen MR) is 137 cm³/mol. The number of likely N-dealkylation sites (tertiary alicyclic amines) is 1. The van der Waals surface area contributed by atoms with Crippen molar-refractivity contribution in [3.05, 3.63) is 102 Å². The number of carbonyl (C=O) groups excluding carboxylic acids is 3. The molecule has 2 N–H and O–H groups in total. The zero-order valence-electron chi connectivity index (χ0n) is 19.8. The van der Waals surface area contributed by atoms with Crippen LogP contribution in [0.3, 0.4) is 0 Å². The van der Waals surface area contributed by atoms with Crippen LogP contribution in [0.5, 0.6) is 0 Å². The highest BCUT2D eigenvalue weighted by atomic mass is 16.2. The molecule has 1 saturated heterocycles. The van der Waals surface area contributed by atoms with Gasteiger partial charge in [0.1, 0.15) is 0 Å². The number of carbonyl (C=O) groups is 3. The van der Waals surface area contributed by atoms with Crippen molar-refractivity contribution in [1.82, 2.24) is 10.2 Å². The number of hydrogen-bond donors (Lipinski definition) is 2. The Morgan fingerprint density at radius 1 is 0.771 bits per heavy atom. The first-order valence-corrected chi connectivity index (χ1v) is 12.2. The van der Waals surface area contributed by atoms with Crippen LogP contribution in [0.15, 0.2) is 84.9 Å². The minimum Gasteiger partial charge on any atom is -0.356 e. The zero-order chi connectivity index (χ0) is 24.5. The molecule has 180 valence electrons.